The standard InChI is InChI=1S/C16H33N3/c1-13(2)16(11-17-15-5-6-15)19-9-7-14(8-10-19)12-18(3)4/h13-17H,5-12H2,1-4H3. The van der Waals surface area contributed by atoms with Gasteiger partial charge >= 0.3 is 0 Å². The van der Waals surface area contributed by atoms with Gasteiger partial charge in [0.15, 0.2) is 0 Å². The number of hydrogen-bond acceptors (Lipinski definition) is 3. The maximum atomic E-state index is 3.73. The van der Waals surface area contributed by atoms with Crippen LogP contribution in [0.3, 0.4) is 0 Å². The van der Waals surface area contributed by atoms with E-state index in [4.69, 9.17) is 0 Å². The lowest BCUT2D eigenvalue weighted by atomic mass is 9.93. The Kier molecular flexibility index (Phi) is 5.67. The van der Waals surface area contributed by atoms with Crippen molar-refractivity contribution in [2.24, 2.45) is 11.8 Å². The molecule has 2 rings (SSSR count). The molecule has 2 fully saturated rings. The highest BCUT2D eigenvalue weighted by Gasteiger charge is 2.29. The molecule has 1 heterocycles. The molecule has 1 unspecified atom stereocenters. The maximum absolute atomic E-state index is 3.73. The van der Waals surface area contributed by atoms with Crippen molar-refractivity contribution >= 4 is 0 Å². The molecule has 0 aromatic carbocycles. The number of likely N-dealkylation sites (tertiary alicyclic amines) is 1. The molecular weight excluding hydrogens is 234 g/mol. The molecule has 1 aliphatic carbocycles. The van der Waals surface area contributed by atoms with Crippen LogP contribution in [0, 0.1) is 11.8 Å². The zero-order chi connectivity index (χ0) is 13.8. The molecule has 2 aliphatic rings. The molecule has 19 heavy (non-hydrogen) atoms. The van der Waals surface area contributed by atoms with Crippen LogP contribution in [0.2, 0.25) is 0 Å². The third-order valence-corrected chi connectivity index (χ3v) is 4.70. The summed E-state index contributed by atoms with van der Waals surface area (Å²) in [5.41, 5.74) is 0. The lowest BCUT2D eigenvalue weighted by Crippen LogP contribution is -2.50. The van der Waals surface area contributed by atoms with Crippen molar-refractivity contribution in [1.29, 1.82) is 0 Å². The van der Waals surface area contributed by atoms with Gasteiger partial charge in [-0.05, 0) is 64.7 Å². The minimum Gasteiger partial charge on any atom is -0.312 e. The van der Waals surface area contributed by atoms with Gasteiger partial charge in [0.1, 0.15) is 0 Å². The Labute approximate surface area is 119 Å². The van der Waals surface area contributed by atoms with Crippen LogP contribution in [0.1, 0.15) is 39.5 Å². The van der Waals surface area contributed by atoms with Crippen LogP contribution in [-0.4, -0.2) is 62.2 Å². The molecule has 1 N–H and O–H groups in total. The number of piperidine rings is 1. The van der Waals surface area contributed by atoms with Gasteiger partial charge in [0.25, 0.3) is 0 Å². The van der Waals surface area contributed by atoms with Gasteiger partial charge in [0.2, 0.25) is 0 Å². The maximum Gasteiger partial charge on any atom is 0.0243 e. The predicted octanol–water partition coefficient (Wildman–Crippen LogP) is 2.04. The highest BCUT2D eigenvalue weighted by atomic mass is 15.2. The van der Waals surface area contributed by atoms with Gasteiger partial charge in [-0.25, -0.2) is 0 Å². The summed E-state index contributed by atoms with van der Waals surface area (Å²) in [6, 6.07) is 1.58. The van der Waals surface area contributed by atoms with Gasteiger partial charge in [-0.15, -0.1) is 0 Å². The SMILES string of the molecule is CC(C)C(CNC1CC1)N1CCC(CN(C)C)CC1. The molecule has 0 radical (unpaired) electrons. The van der Waals surface area contributed by atoms with Crippen LogP contribution < -0.4 is 5.32 Å². The molecule has 0 amide bonds. The Morgan fingerprint density at radius 3 is 2.21 bits per heavy atom. The van der Waals surface area contributed by atoms with E-state index < -0.39 is 0 Å². The second-order valence-corrected chi connectivity index (χ2v) is 7.24. The van der Waals surface area contributed by atoms with E-state index in [0.717, 1.165) is 23.9 Å². The summed E-state index contributed by atoms with van der Waals surface area (Å²) in [6.07, 6.45) is 5.56. The molecule has 1 saturated heterocycles. The van der Waals surface area contributed by atoms with Gasteiger partial charge < -0.3 is 10.2 Å². The second kappa shape index (κ2) is 7.05. The minimum atomic E-state index is 0.737. The van der Waals surface area contributed by atoms with Crippen molar-refractivity contribution in [3.8, 4) is 0 Å². The number of nitrogens with zero attached hydrogens (tertiary/aromatic N) is 2. The molecular formula is C16H33N3. The average molecular weight is 267 g/mol. The molecule has 0 aromatic rings. The first kappa shape index (κ1) is 15.3. The fourth-order valence-electron chi connectivity index (χ4n) is 3.34. The van der Waals surface area contributed by atoms with E-state index in [-0.39, 0.29) is 0 Å². The first-order valence-corrected chi connectivity index (χ1v) is 8.18. The summed E-state index contributed by atoms with van der Waals surface area (Å²) in [6.45, 7) is 9.82. The van der Waals surface area contributed by atoms with E-state index in [1.54, 1.807) is 0 Å². The summed E-state index contributed by atoms with van der Waals surface area (Å²) in [5.74, 6) is 1.67. The molecule has 112 valence electrons. The van der Waals surface area contributed by atoms with E-state index in [1.165, 1.54) is 51.9 Å². The fraction of sp³-hybridized carbons (Fsp3) is 1.00. The molecule has 0 bridgehead atoms. The van der Waals surface area contributed by atoms with Crippen LogP contribution in [0.5, 0.6) is 0 Å². The minimum absolute atomic E-state index is 0.737. The van der Waals surface area contributed by atoms with Crippen LogP contribution in [0.25, 0.3) is 0 Å². The molecule has 1 aliphatic heterocycles. The Hall–Kier alpha value is -0.120. The van der Waals surface area contributed by atoms with Crippen molar-refractivity contribution in [2.45, 2.75) is 51.6 Å². The van der Waals surface area contributed by atoms with Gasteiger partial charge in [-0.1, -0.05) is 13.8 Å². The van der Waals surface area contributed by atoms with E-state index in [9.17, 15) is 0 Å². The number of nitrogens with one attached hydrogen (secondary N) is 1. The Balaban J connectivity index is 1.75. The molecule has 1 saturated carbocycles. The highest BCUT2D eigenvalue weighted by Crippen LogP contribution is 2.23. The van der Waals surface area contributed by atoms with E-state index in [2.05, 4.69) is 43.1 Å². The first-order valence-electron chi connectivity index (χ1n) is 8.18. The topological polar surface area (TPSA) is 18.5 Å². The van der Waals surface area contributed by atoms with Crippen molar-refractivity contribution in [2.75, 3.05) is 40.3 Å². The lowest BCUT2D eigenvalue weighted by Gasteiger charge is -2.40. The predicted molar refractivity (Wildman–Crippen MR) is 82.5 cm³/mol. The second-order valence-electron chi connectivity index (χ2n) is 7.24. The van der Waals surface area contributed by atoms with Crippen molar-refractivity contribution in [3.05, 3.63) is 0 Å². The summed E-state index contributed by atoms with van der Waals surface area (Å²) in [7, 11) is 4.39. The molecule has 0 aromatic heterocycles. The van der Waals surface area contributed by atoms with Gasteiger partial charge in [-0.2, -0.15) is 0 Å². The van der Waals surface area contributed by atoms with Gasteiger partial charge in [0, 0.05) is 25.2 Å². The third kappa shape index (κ3) is 5.05. The third-order valence-electron chi connectivity index (χ3n) is 4.70. The van der Waals surface area contributed by atoms with Crippen LogP contribution in [0.4, 0.5) is 0 Å². The summed E-state index contributed by atoms with van der Waals surface area (Å²) in [5, 5.41) is 3.73. The zero-order valence-electron chi connectivity index (χ0n) is 13.4. The molecule has 1 atom stereocenters. The average Bonchev–Trinajstić information content (AvgIpc) is 3.14. The Bertz CT molecular complexity index is 253. The van der Waals surface area contributed by atoms with Crippen molar-refractivity contribution < 1.29 is 0 Å². The Morgan fingerprint density at radius 1 is 1.11 bits per heavy atom. The monoisotopic (exact) mass is 267 g/mol. The smallest absolute Gasteiger partial charge is 0.0243 e. The molecule has 3 nitrogen and oxygen atoms in total. The van der Waals surface area contributed by atoms with Crippen molar-refractivity contribution in [3.63, 3.8) is 0 Å². The van der Waals surface area contributed by atoms with Crippen molar-refractivity contribution in [1.82, 2.24) is 15.1 Å². The normalized spacial score (nSPS) is 24.3. The van der Waals surface area contributed by atoms with Gasteiger partial charge in [-0.3, -0.25) is 4.90 Å². The first-order chi connectivity index (χ1) is 9.06. The van der Waals surface area contributed by atoms with E-state index in [1.807, 2.05) is 0 Å². The number of rotatable bonds is 7. The number of hydrogen-bond donors (Lipinski definition) is 1. The largest absolute Gasteiger partial charge is 0.312 e. The zero-order valence-corrected chi connectivity index (χ0v) is 13.4. The quantitative estimate of drug-likeness (QED) is 0.761. The lowest BCUT2D eigenvalue weighted by molar-refractivity contribution is 0.0941. The summed E-state index contributed by atoms with van der Waals surface area (Å²) < 4.78 is 0. The highest BCUT2D eigenvalue weighted by molar-refractivity contribution is 4.87. The summed E-state index contributed by atoms with van der Waals surface area (Å²) in [4.78, 5) is 5.08. The van der Waals surface area contributed by atoms with Crippen LogP contribution in [-0.2, 0) is 0 Å². The van der Waals surface area contributed by atoms with E-state index >= 15 is 0 Å². The fourth-order valence-corrected chi connectivity index (χ4v) is 3.34. The molecule has 0 spiro atoms. The van der Waals surface area contributed by atoms with Crippen LogP contribution >= 0.6 is 0 Å². The van der Waals surface area contributed by atoms with E-state index in [0.29, 0.717) is 0 Å². The van der Waals surface area contributed by atoms with Crippen LogP contribution in [0.15, 0.2) is 0 Å². The Morgan fingerprint density at radius 2 is 1.74 bits per heavy atom. The van der Waals surface area contributed by atoms with Gasteiger partial charge in [0.05, 0.1) is 0 Å². The molecule has 3 heteroatoms. The summed E-state index contributed by atoms with van der Waals surface area (Å²) >= 11 is 0.